The molecule has 0 saturated heterocycles. The molecule has 16 heavy (non-hydrogen) atoms. The van der Waals surface area contributed by atoms with Crippen LogP contribution in [-0.4, -0.2) is 24.5 Å². The van der Waals surface area contributed by atoms with Crippen molar-refractivity contribution in [1.29, 1.82) is 0 Å². The van der Waals surface area contributed by atoms with Crippen LogP contribution in [-0.2, 0) is 15.0 Å². The molecule has 1 rings (SSSR count). The third-order valence-electron chi connectivity index (χ3n) is 2.73. The molecule has 1 aromatic rings. The first kappa shape index (κ1) is 12.2. The van der Waals surface area contributed by atoms with Gasteiger partial charge in [-0.25, -0.2) is 0 Å². The summed E-state index contributed by atoms with van der Waals surface area (Å²) in [5.74, 6) is -0.742. The van der Waals surface area contributed by atoms with Crippen LogP contribution in [0.4, 0.5) is 0 Å². The van der Waals surface area contributed by atoms with Crippen molar-refractivity contribution in [2.24, 2.45) is 0 Å². The highest BCUT2D eigenvalue weighted by Gasteiger charge is 2.40. The van der Waals surface area contributed by atoms with E-state index in [2.05, 4.69) is 0 Å². The van der Waals surface area contributed by atoms with Gasteiger partial charge in [0.2, 0.25) is 0 Å². The van der Waals surface area contributed by atoms with Gasteiger partial charge < -0.3 is 14.6 Å². The van der Waals surface area contributed by atoms with Gasteiger partial charge in [-0.05, 0) is 12.5 Å². The van der Waals surface area contributed by atoms with E-state index in [9.17, 15) is 14.7 Å². The number of hydrogen-bond donors (Lipinski definition) is 1. The highest BCUT2D eigenvalue weighted by molar-refractivity contribution is 5.99. The first-order valence-electron chi connectivity index (χ1n) is 4.95. The maximum atomic E-state index is 11.3. The van der Waals surface area contributed by atoms with Gasteiger partial charge in [-0.1, -0.05) is 25.1 Å². The SMILES string of the molecule is CCC(C=O)(C(=O)O)c1ccccc1OC. The second-order valence-electron chi connectivity index (χ2n) is 3.45. The Morgan fingerprint density at radius 2 is 2.12 bits per heavy atom. The summed E-state index contributed by atoms with van der Waals surface area (Å²) in [7, 11) is 1.45. The summed E-state index contributed by atoms with van der Waals surface area (Å²) in [6, 6.07) is 6.67. The Kier molecular flexibility index (Phi) is 3.66. The standard InChI is InChI=1S/C12H14O4/c1-3-12(8-13,11(14)15)9-6-4-5-7-10(9)16-2/h4-8H,3H2,1-2H3,(H,14,15). The third-order valence-corrected chi connectivity index (χ3v) is 2.73. The lowest BCUT2D eigenvalue weighted by Gasteiger charge is -2.23. The second kappa shape index (κ2) is 4.79. The molecule has 0 fully saturated rings. The van der Waals surface area contributed by atoms with Gasteiger partial charge in [0.05, 0.1) is 7.11 Å². The largest absolute Gasteiger partial charge is 0.496 e. The van der Waals surface area contributed by atoms with Crippen LogP contribution in [0.25, 0.3) is 0 Å². The molecule has 1 N–H and O–H groups in total. The summed E-state index contributed by atoms with van der Waals surface area (Å²) in [6.45, 7) is 1.66. The molecule has 0 aliphatic carbocycles. The van der Waals surface area contributed by atoms with Crippen molar-refractivity contribution in [3.63, 3.8) is 0 Å². The van der Waals surface area contributed by atoms with Crippen molar-refractivity contribution in [1.82, 2.24) is 0 Å². The molecule has 0 saturated carbocycles. The summed E-state index contributed by atoms with van der Waals surface area (Å²) in [4.78, 5) is 22.4. The fraction of sp³-hybridized carbons (Fsp3) is 0.333. The summed E-state index contributed by atoms with van der Waals surface area (Å²) in [5, 5.41) is 9.21. The molecule has 0 aliphatic heterocycles. The highest BCUT2D eigenvalue weighted by Crippen LogP contribution is 2.33. The number of para-hydroxylation sites is 1. The minimum absolute atomic E-state index is 0.187. The molecule has 1 aromatic carbocycles. The van der Waals surface area contributed by atoms with Crippen LogP contribution >= 0.6 is 0 Å². The monoisotopic (exact) mass is 222 g/mol. The lowest BCUT2D eigenvalue weighted by atomic mass is 9.79. The van der Waals surface area contributed by atoms with Crippen LogP contribution in [0, 0.1) is 0 Å². The summed E-state index contributed by atoms with van der Waals surface area (Å²) in [6.07, 6.45) is 0.652. The van der Waals surface area contributed by atoms with Gasteiger partial charge in [-0.15, -0.1) is 0 Å². The van der Waals surface area contributed by atoms with Gasteiger partial charge in [-0.3, -0.25) is 4.79 Å². The van der Waals surface area contributed by atoms with Crippen LogP contribution in [0.2, 0.25) is 0 Å². The topological polar surface area (TPSA) is 63.6 Å². The maximum Gasteiger partial charge on any atom is 0.321 e. The number of hydrogen-bond acceptors (Lipinski definition) is 3. The van der Waals surface area contributed by atoms with Crippen LogP contribution in [0.1, 0.15) is 18.9 Å². The van der Waals surface area contributed by atoms with Crippen LogP contribution in [0.5, 0.6) is 5.75 Å². The van der Waals surface area contributed by atoms with E-state index in [1.165, 1.54) is 7.11 Å². The molecule has 0 bridgehead atoms. The van der Waals surface area contributed by atoms with Crippen LogP contribution in [0.3, 0.4) is 0 Å². The molecule has 0 aromatic heterocycles. The molecule has 0 spiro atoms. The Balaban J connectivity index is 3.42. The Morgan fingerprint density at radius 1 is 1.50 bits per heavy atom. The molecule has 0 heterocycles. The van der Waals surface area contributed by atoms with E-state index in [1.807, 2.05) is 0 Å². The molecule has 0 aliphatic rings. The summed E-state index contributed by atoms with van der Waals surface area (Å²) in [5.41, 5.74) is -1.13. The predicted octanol–water partition coefficient (Wildman–Crippen LogP) is 1.63. The van der Waals surface area contributed by atoms with E-state index < -0.39 is 11.4 Å². The first-order valence-corrected chi connectivity index (χ1v) is 4.95. The van der Waals surface area contributed by atoms with Gasteiger partial charge in [0, 0.05) is 5.56 Å². The van der Waals surface area contributed by atoms with E-state index in [0.717, 1.165) is 0 Å². The number of aliphatic carboxylic acids is 1. The molecule has 0 radical (unpaired) electrons. The lowest BCUT2D eigenvalue weighted by Crippen LogP contribution is -2.37. The van der Waals surface area contributed by atoms with E-state index >= 15 is 0 Å². The molecule has 1 unspecified atom stereocenters. The summed E-state index contributed by atoms with van der Waals surface area (Å²) >= 11 is 0. The predicted molar refractivity (Wildman–Crippen MR) is 58.7 cm³/mol. The summed E-state index contributed by atoms with van der Waals surface area (Å²) < 4.78 is 5.08. The zero-order valence-corrected chi connectivity index (χ0v) is 9.27. The van der Waals surface area contributed by atoms with Crippen molar-refractivity contribution < 1.29 is 19.4 Å². The normalized spacial score (nSPS) is 13.9. The fourth-order valence-corrected chi connectivity index (χ4v) is 1.67. The quantitative estimate of drug-likeness (QED) is 0.607. The van der Waals surface area contributed by atoms with Crippen molar-refractivity contribution in [3.8, 4) is 5.75 Å². The van der Waals surface area contributed by atoms with Crippen molar-refractivity contribution in [2.75, 3.05) is 7.11 Å². The van der Waals surface area contributed by atoms with Crippen molar-refractivity contribution >= 4 is 12.3 Å². The molecule has 86 valence electrons. The van der Waals surface area contributed by atoms with Gasteiger partial charge in [0.25, 0.3) is 0 Å². The molecule has 4 nitrogen and oxygen atoms in total. The number of benzene rings is 1. The molecule has 4 heteroatoms. The number of methoxy groups -OCH3 is 1. The average Bonchev–Trinajstić information content (AvgIpc) is 2.31. The Morgan fingerprint density at radius 3 is 2.56 bits per heavy atom. The van der Waals surface area contributed by atoms with Crippen LogP contribution in [0.15, 0.2) is 24.3 Å². The number of carbonyl (C=O) groups is 2. The van der Waals surface area contributed by atoms with Crippen molar-refractivity contribution in [3.05, 3.63) is 29.8 Å². The maximum absolute atomic E-state index is 11.3. The molecule has 0 amide bonds. The Hall–Kier alpha value is -1.84. The van der Waals surface area contributed by atoms with E-state index in [1.54, 1.807) is 31.2 Å². The highest BCUT2D eigenvalue weighted by atomic mass is 16.5. The Bertz CT molecular complexity index is 400. The zero-order chi connectivity index (χ0) is 12.2. The fourth-order valence-electron chi connectivity index (χ4n) is 1.67. The minimum atomic E-state index is -1.52. The average molecular weight is 222 g/mol. The second-order valence-corrected chi connectivity index (χ2v) is 3.45. The number of ether oxygens (including phenoxy) is 1. The first-order chi connectivity index (χ1) is 7.62. The van der Waals surface area contributed by atoms with Gasteiger partial charge in [0.15, 0.2) is 5.41 Å². The van der Waals surface area contributed by atoms with Gasteiger partial charge >= 0.3 is 5.97 Å². The molecular formula is C12H14O4. The van der Waals surface area contributed by atoms with Crippen molar-refractivity contribution in [2.45, 2.75) is 18.8 Å². The molecular weight excluding hydrogens is 208 g/mol. The van der Waals surface area contributed by atoms with Gasteiger partial charge in [-0.2, -0.15) is 0 Å². The smallest absolute Gasteiger partial charge is 0.321 e. The lowest BCUT2D eigenvalue weighted by molar-refractivity contribution is -0.146. The number of carbonyl (C=O) groups excluding carboxylic acids is 1. The van der Waals surface area contributed by atoms with Gasteiger partial charge in [0.1, 0.15) is 12.0 Å². The van der Waals surface area contributed by atoms with E-state index in [4.69, 9.17) is 4.74 Å². The third kappa shape index (κ3) is 1.78. The zero-order valence-electron chi connectivity index (χ0n) is 9.27. The minimum Gasteiger partial charge on any atom is -0.496 e. The number of aldehydes is 1. The van der Waals surface area contributed by atoms with E-state index in [-0.39, 0.29) is 6.42 Å². The number of carboxylic acids is 1. The number of rotatable bonds is 5. The number of carboxylic acid groups (broad SMARTS) is 1. The van der Waals surface area contributed by atoms with E-state index in [0.29, 0.717) is 17.6 Å². The molecule has 1 atom stereocenters. The van der Waals surface area contributed by atoms with Crippen LogP contribution < -0.4 is 4.74 Å². The Labute approximate surface area is 93.9 Å².